The third-order valence-corrected chi connectivity index (χ3v) is 3.78. The molecule has 1 fully saturated rings. The highest BCUT2D eigenvalue weighted by Crippen LogP contribution is 2.16. The number of hydrogen-bond donors (Lipinski definition) is 1. The van der Waals surface area contributed by atoms with Gasteiger partial charge in [0.25, 0.3) is 0 Å². The van der Waals surface area contributed by atoms with Gasteiger partial charge in [-0.3, -0.25) is 4.99 Å². The molecule has 0 bridgehead atoms. The van der Waals surface area contributed by atoms with Crippen molar-refractivity contribution in [3.8, 4) is 0 Å². The van der Waals surface area contributed by atoms with Gasteiger partial charge in [-0.15, -0.1) is 24.0 Å². The number of halogens is 1. The average molecular weight is 417 g/mol. The van der Waals surface area contributed by atoms with Crippen molar-refractivity contribution in [3.63, 3.8) is 0 Å². The Morgan fingerprint density at radius 3 is 2.90 bits per heavy atom. The summed E-state index contributed by atoms with van der Waals surface area (Å²) in [5.41, 5.74) is 0. The summed E-state index contributed by atoms with van der Waals surface area (Å²) in [6.45, 7) is 5.26. The van der Waals surface area contributed by atoms with Crippen LogP contribution in [0.5, 0.6) is 0 Å². The Kier molecular flexibility index (Phi) is 13.1. The Labute approximate surface area is 144 Å². The average Bonchev–Trinajstić information content (AvgIpc) is 2.88. The van der Waals surface area contributed by atoms with Gasteiger partial charge < -0.3 is 19.7 Å². The van der Waals surface area contributed by atoms with Crippen LogP contribution < -0.4 is 5.32 Å². The van der Waals surface area contributed by atoms with E-state index in [0.29, 0.717) is 19.1 Å². The first-order valence-corrected chi connectivity index (χ1v) is 8.22. The second-order valence-corrected chi connectivity index (χ2v) is 5.62. The van der Waals surface area contributed by atoms with E-state index in [1.807, 2.05) is 18.8 Å². The van der Waals surface area contributed by atoms with Crippen molar-refractivity contribution in [2.45, 2.75) is 6.42 Å². The topological polar surface area (TPSA) is 46.1 Å². The van der Waals surface area contributed by atoms with Crippen LogP contribution in [0.2, 0.25) is 0 Å². The molecule has 0 aromatic rings. The van der Waals surface area contributed by atoms with Gasteiger partial charge in [-0.1, -0.05) is 0 Å². The number of nitrogens with one attached hydrogen (secondary N) is 1. The van der Waals surface area contributed by atoms with Gasteiger partial charge in [0.1, 0.15) is 0 Å². The van der Waals surface area contributed by atoms with Crippen LogP contribution in [0, 0.1) is 5.92 Å². The standard InChI is InChI=1S/C13H27N3O2S.HI/c1-14-13(15-5-9-19-3)16-6-4-12(10-16)11-18-8-7-17-2;/h12H,4-11H2,1-3H3,(H,14,15);1H. The fourth-order valence-corrected chi connectivity index (χ4v) is 2.46. The highest BCUT2D eigenvalue weighted by molar-refractivity contribution is 14.0. The zero-order chi connectivity index (χ0) is 13.9. The molecule has 1 saturated heterocycles. The van der Waals surface area contributed by atoms with E-state index in [1.165, 1.54) is 6.42 Å². The third kappa shape index (κ3) is 7.90. The van der Waals surface area contributed by atoms with Gasteiger partial charge in [-0.2, -0.15) is 11.8 Å². The molecule has 1 aliphatic rings. The summed E-state index contributed by atoms with van der Waals surface area (Å²) < 4.78 is 10.6. The van der Waals surface area contributed by atoms with Crippen molar-refractivity contribution in [2.24, 2.45) is 10.9 Å². The van der Waals surface area contributed by atoms with E-state index in [4.69, 9.17) is 9.47 Å². The maximum Gasteiger partial charge on any atom is 0.193 e. The predicted molar refractivity (Wildman–Crippen MR) is 97.5 cm³/mol. The number of methoxy groups -OCH3 is 1. The van der Waals surface area contributed by atoms with Gasteiger partial charge in [-0.05, 0) is 12.7 Å². The van der Waals surface area contributed by atoms with E-state index in [-0.39, 0.29) is 24.0 Å². The SMILES string of the molecule is CN=C(NCCSC)N1CCC(COCCOC)C1.I. The van der Waals surface area contributed by atoms with Crippen LogP contribution in [0.4, 0.5) is 0 Å². The van der Waals surface area contributed by atoms with Gasteiger partial charge in [0.15, 0.2) is 5.96 Å². The molecule has 1 N–H and O–H groups in total. The molecule has 20 heavy (non-hydrogen) atoms. The third-order valence-electron chi connectivity index (χ3n) is 3.17. The largest absolute Gasteiger partial charge is 0.382 e. The Hall–Kier alpha value is 0.270. The van der Waals surface area contributed by atoms with Crippen molar-refractivity contribution in [3.05, 3.63) is 0 Å². The lowest BCUT2D eigenvalue weighted by Gasteiger charge is -2.21. The molecule has 0 aromatic carbocycles. The molecule has 120 valence electrons. The number of thioether (sulfide) groups is 1. The van der Waals surface area contributed by atoms with Crippen molar-refractivity contribution in [2.75, 3.05) is 65.6 Å². The van der Waals surface area contributed by atoms with Crippen molar-refractivity contribution in [1.82, 2.24) is 10.2 Å². The minimum atomic E-state index is 0. The molecule has 7 heteroatoms. The molecule has 0 aliphatic carbocycles. The summed E-state index contributed by atoms with van der Waals surface area (Å²) in [6.07, 6.45) is 3.30. The quantitative estimate of drug-likeness (QED) is 0.281. The molecule has 1 unspecified atom stereocenters. The van der Waals surface area contributed by atoms with Crippen LogP contribution in [0.3, 0.4) is 0 Å². The summed E-state index contributed by atoms with van der Waals surface area (Å²) in [5.74, 6) is 2.74. The first-order valence-electron chi connectivity index (χ1n) is 6.83. The van der Waals surface area contributed by atoms with Crippen LogP contribution in [0.1, 0.15) is 6.42 Å². The lowest BCUT2D eigenvalue weighted by Crippen LogP contribution is -2.41. The van der Waals surface area contributed by atoms with E-state index in [0.717, 1.165) is 38.0 Å². The van der Waals surface area contributed by atoms with Crippen LogP contribution in [0.25, 0.3) is 0 Å². The number of rotatable bonds is 8. The molecule has 0 amide bonds. The zero-order valence-corrected chi connectivity index (χ0v) is 15.9. The van der Waals surface area contributed by atoms with Gasteiger partial charge in [-0.25, -0.2) is 0 Å². The summed E-state index contributed by atoms with van der Waals surface area (Å²) in [6, 6.07) is 0. The Balaban J connectivity index is 0.00000361. The minimum absolute atomic E-state index is 0. The molecule has 0 radical (unpaired) electrons. The monoisotopic (exact) mass is 417 g/mol. The van der Waals surface area contributed by atoms with E-state index in [1.54, 1.807) is 7.11 Å². The molecule has 0 saturated carbocycles. The maximum atomic E-state index is 5.60. The normalized spacial score (nSPS) is 19.1. The first kappa shape index (κ1) is 20.3. The summed E-state index contributed by atoms with van der Waals surface area (Å²) in [7, 11) is 3.55. The lowest BCUT2D eigenvalue weighted by atomic mass is 10.1. The minimum Gasteiger partial charge on any atom is -0.382 e. The fraction of sp³-hybridized carbons (Fsp3) is 0.923. The van der Waals surface area contributed by atoms with Gasteiger partial charge >= 0.3 is 0 Å². The number of guanidine groups is 1. The first-order chi connectivity index (χ1) is 9.31. The van der Waals surface area contributed by atoms with Crippen molar-refractivity contribution in [1.29, 1.82) is 0 Å². The van der Waals surface area contributed by atoms with Crippen LogP contribution >= 0.6 is 35.7 Å². The van der Waals surface area contributed by atoms with Gasteiger partial charge in [0.2, 0.25) is 0 Å². The second kappa shape index (κ2) is 13.0. The predicted octanol–water partition coefficient (Wildman–Crippen LogP) is 1.53. The number of likely N-dealkylation sites (tertiary alicyclic amines) is 1. The van der Waals surface area contributed by atoms with Crippen molar-refractivity contribution < 1.29 is 9.47 Å². The smallest absolute Gasteiger partial charge is 0.193 e. The molecule has 1 rings (SSSR count). The van der Waals surface area contributed by atoms with E-state index in [9.17, 15) is 0 Å². The fourth-order valence-electron chi connectivity index (χ4n) is 2.15. The molecule has 0 aromatic heterocycles. The van der Waals surface area contributed by atoms with Crippen LogP contribution in [-0.4, -0.2) is 76.5 Å². The van der Waals surface area contributed by atoms with Crippen molar-refractivity contribution >= 4 is 41.7 Å². The molecule has 1 atom stereocenters. The molecule has 5 nitrogen and oxygen atoms in total. The second-order valence-electron chi connectivity index (χ2n) is 4.64. The van der Waals surface area contributed by atoms with Crippen LogP contribution in [-0.2, 0) is 9.47 Å². The number of aliphatic imine (C=N–C) groups is 1. The zero-order valence-electron chi connectivity index (χ0n) is 12.8. The van der Waals surface area contributed by atoms with Gasteiger partial charge in [0.05, 0.1) is 19.8 Å². The molecule has 1 aliphatic heterocycles. The molecular weight excluding hydrogens is 389 g/mol. The van der Waals surface area contributed by atoms with Crippen LogP contribution in [0.15, 0.2) is 4.99 Å². The lowest BCUT2D eigenvalue weighted by molar-refractivity contribution is 0.0536. The molecule has 0 spiro atoms. The molecule has 1 heterocycles. The highest BCUT2D eigenvalue weighted by atomic mass is 127. The van der Waals surface area contributed by atoms with E-state index in [2.05, 4.69) is 21.5 Å². The van der Waals surface area contributed by atoms with E-state index >= 15 is 0 Å². The van der Waals surface area contributed by atoms with E-state index < -0.39 is 0 Å². The Morgan fingerprint density at radius 2 is 2.25 bits per heavy atom. The summed E-state index contributed by atoms with van der Waals surface area (Å²) in [5, 5.41) is 3.40. The maximum absolute atomic E-state index is 5.60. The molecular formula is C13H28IN3O2S. The highest BCUT2D eigenvalue weighted by Gasteiger charge is 2.24. The van der Waals surface area contributed by atoms with Gasteiger partial charge in [0, 0.05) is 45.5 Å². The number of nitrogens with zero attached hydrogens (tertiary/aromatic N) is 2. The Morgan fingerprint density at radius 1 is 1.45 bits per heavy atom. The Bertz CT molecular complexity index is 270. The summed E-state index contributed by atoms with van der Waals surface area (Å²) in [4.78, 5) is 6.67. The number of ether oxygens (including phenoxy) is 2. The summed E-state index contributed by atoms with van der Waals surface area (Å²) >= 11 is 1.85. The number of hydrogen-bond acceptors (Lipinski definition) is 4.